The number of ether oxygens (including phenoxy) is 1. The van der Waals surface area contributed by atoms with Crippen molar-refractivity contribution in [2.24, 2.45) is 11.3 Å². The molecule has 0 atom stereocenters. The molecule has 4 nitrogen and oxygen atoms in total. The third-order valence-electron chi connectivity index (χ3n) is 1.89. The Bertz CT molecular complexity index is 221. The molecule has 1 N–H and O–H groups in total. The quantitative estimate of drug-likeness (QED) is 0.689. The Balaban J connectivity index is 4.12. The van der Waals surface area contributed by atoms with E-state index in [0.717, 1.165) is 0 Å². The summed E-state index contributed by atoms with van der Waals surface area (Å²) in [5, 5.41) is 2.53. The third-order valence-corrected chi connectivity index (χ3v) is 1.89. The van der Waals surface area contributed by atoms with E-state index in [0.29, 0.717) is 0 Å². The van der Waals surface area contributed by atoms with Gasteiger partial charge in [-0.25, -0.2) is 0 Å². The topological polar surface area (TPSA) is 55.4 Å². The van der Waals surface area contributed by atoms with E-state index in [4.69, 9.17) is 4.74 Å². The second-order valence-electron chi connectivity index (χ2n) is 4.23. The van der Waals surface area contributed by atoms with Gasteiger partial charge in [-0.1, -0.05) is 13.8 Å². The molecule has 0 aromatic heterocycles. The zero-order valence-corrected chi connectivity index (χ0v) is 9.51. The van der Waals surface area contributed by atoms with Crippen LogP contribution in [0.25, 0.3) is 0 Å². The first kappa shape index (κ1) is 12.9. The lowest BCUT2D eigenvalue weighted by Gasteiger charge is -2.22. The van der Waals surface area contributed by atoms with Gasteiger partial charge in [0.05, 0.1) is 11.3 Å². The van der Waals surface area contributed by atoms with Gasteiger partial charge in [-0.3, -0.25) is 9.59 Å². The van der Waals surface area contributed by atoms with Crippen LogP contribution in [0.1, 0.15) is 27.7 Å². The maximum absolute atomic E-state index is 11.3. The summed E-state index contributed by atoms with van der Waals surface area (Å²) < 4.78 is 4.99. The maximum Gasteiger partial charge on any atom is 0.308 e. The van der Waals surface area contributed by atoms with Gasteiger partial charge in [0.15, 0.2) is 0 Å². The third kappa shape index (κ3) is 3.77. The minimum Gasteiger partial charge on any atom is -0.464 e. The van der Waals surface area contributed by atoms with Crippen LogP contribution in [0.15, 0.2) is 0 Å². The van der Waals surface area contributed by atoms with Crippen molar-refractivity contribution in [3.05, 3.63) is 0 Å². The summed E-state index contributed by atoms with van der Waals surface area (Å²) in [7, 11) is 1.56. The van der Waals surface area contributed by atoms with Crippen molar-refractivity contribution < 1.29 is 14.3 Å². The first-order valence-corrected chi connectivity index (χ1v) is 4.70. The molecule has 0 saturated heterocycles. The molecule has 0 aromatic rings. The molecular formula is C10H19NO3. The minimum atomic E-state index is -0.667. The highest BCUT2D eigenvalue weighted by molar-refractivity contribution is 5.82. The van der Waals surface area contributed by atoms with Crippen LogP contribution < -0.4 is 5.32 Å². The molecule has 0 fully saturated rings. The number of hydrogen-bond donors (Lipinski definition) is 1. The van der Waals surface area contributed by atoms with Gasteiger partial charge in [-0.2, -0.15) is 0 Å². The molecule has 0 aliphatic carbocycles. The average molecular weight is 201 g/mol. The van der Waals surface area contributed by atoms with Crippen LogP contribution in [0.5, 0.6) is 0 Å². The van der Waals surface area contributed by atoms with Crippen molar-refractivity contribution in [1.29, 1.82) is 0 Å². The second-order valence-corrected chi connectivity index (χ2v) is 4.23. The zero-order valence-electron chi connectivity index (χ0n) is 9.51. The van der Waals surface area contributed by atoms with Crippen LogP contribution in [-0.4, -0.2) is 25.5 Å². The molecule has 0 aliphatic rings. The van der Waals surface area contributed by atoms with Crippen molar-refractivity contribution in [3.8, 4) is 0 Å². The van der Waals surface area contributed by atoms with Gasteiger partial charge in [0.2, 0.25) is 5.91 Å². The normalized spacial score (nSPS) is 11.3. The molecule has 0 spiro atoms. The molecule has 1 amide bonds. The molecule has 0 saturated carbocycles. The smallest absolute Gasteiger partial charge is 0.308 e. The fraction of sp³-hybridized carbons (Fsp3) is 0.800. The maximum atomic E-state index is 11.3. The molecule has 82 valence electrons. The van der Waals surface area contributed by atoms with Gasteiger partial charge in [-0.15, -0.1) is 0 Å². The molecule has 0 rings (SSSR count). The Kier molecular flexibility index (Phi) is 4.60. The van der Waals surface area contributed by atoms with Crippen LogP contribution in [0.4, 0.5) is 0 Å². The predicted molar refractivity (Wildman–Crippen MR) is 53.6 cm³/mol. The van der Waals surface area contributed by atoms with Crippen molar-refractivity contribution in [1.82, 2.24) is 5.32 Å². The number of esters is 1. The summed E-state index contributed by atoms with van der Waals surface area (Å²) in [5.74, 6) is -0.563. The molecule has 14 heavy (non-hydrogen) atoms. The Morgan fingerprint density at radius 3 is 2.21 bits per heavy atom. The van der Waals surface area contributed by atoms with Gasteiger partial charge < -0.3 is 10.1 Å². The monoisotopic (exact) mass is 201 g/mol. The number of nitrogens with one attached hydrogen (secondary N) is 1. The van der Waals surface area contributed by atoms with E-state index < -0.39 is 5.41 Å². The van der Waals surface area contributed by atoms with Crippen LogP contribution in [0.2, 0.25) is 0 Å². The molecule has 0 bridgehead atoms. The highest BCUT2D eigenvalue weighted by atomic mass is 16.5. The Morgan fingerprint density at radius 1 is 1.36 bits per heavy atom. The van der Waals surface area contributed by atoms with Crippen LogP contribution >= 0.6 is 0 Å². The van der Waals surface area contributed by atoms with Gasteiger partial charge in [0.1, 0.15) is 6.61 Å². The molecule has 0 unspecified atom stereocenters. The van der Waals surface area contributed by atoms with E-state index in [-0.39, 0.29) is 24.4 Å². The molecule has 0 heterocycles. The highest BCUT2D eigenvalue weighted by Gasteiger charge is 2.28. The molecule has 0 radical (unpaired) electrons. The lowest BCUT2D eigenvalue weighted by Crippen LogP contribution is -2.38. The molecule has 0 aromatic carbocycles. The van der Waals surface area contributed by atoms with E-state index in [1.54, 1.807) is 34.7 Å². The minimum absolute atomic E-state index is 0.115. The van der Waals surface area contributed by atoms with E-state index in [2.05, 4.69) is 5.32 Å². The number of hydrogen-bond acceptors (Lipinski definition) is 3. The SMILES string of the molecule is CNC(=O)C(C)(C)COC(=O)C(C)C. The highest BCUT2D eigenvalue weighted by Crippen LogP contribution is 2.16. The first-order chi connectivity index (χ1) is 6.31. The van der Waals surface area contributed by atoms with Gasteiger partial charge in [0.25, 0.3) is 0 Å². The second kappa shape index (κ2) is 4.98. The fourth-order valence-corrected chi connectivity index (χ4v) is 0.822. The van der Waals surface area contributed by atoms with Gasteiger partial charge in [-0.05, 0) is 13.8 Å². The Labute approximate surface area is 85.0 Å². The lowest BCUT2D eigenvalue weighted by molar-refractivity contribution is -0.152. The molecule has 0 aliphatic heterocycles. The summed E-state index contributed by atoms with van der Waals surface area (Å²) >= 11 is 0. The predicted octanol–water partition coefficient (Wildman–Crippen LogP) is 0.958. The van der Waals surface area contributed by atoms with Crippen molar-refractivity contribution in [2.75, 3.05) is 13.7 Å². The summed E-state index contributed by atoms with van der Waals surface area (Å²) in [5.41, 5.74) is -0.667. The van der Waals surface area contributed by atoms with E-state index in [1.165, 1.54) is 0 Å². The Hall–Kier alpha value is -1.06. The summed E-state index contributed by atoms with van der Waals surface area (Å²) in [6, 6.07) is 0. The van der Waals surface area contributed by atoms with Crippen molar-refractivity contribution in [2.45, 2.75) is 27.7 Å². The van der Waals surface area contributed by atoms with Crippen LogP contribution in [0.3, 0.4) is 0 Å². The van der Waals surface area contributed by atoms with Gasteiger partial charge >= 0.3 is 5.97 Å². The molecule has 4 heteroatoms. The van der Waals surface area contributed by atoms with Crippen LogP contribution in [-0.2, 0) is 14.3 Å². The van der Waals surface area contributed by atoms with Crippen molar-refractivity contribution >= 4 is 11.9 Å². The number of amides is 1. The average Bonchev–Trinajstić information content (AvgIpc) is 2.12. The van der Waals surface area contributed by atoms with Crippen molar-refractivity contribution in [3.63, 3.8) is 0 Å². The number of rotatable bonds is 4. The van der Waals surface area contributed by atoms with E-state index in [9.17, 15) is 9.59 Å². The van der Waals surface area contributed by atoms with E-state index in [1.807, 2.05) is 0 Å². The summed E-state index contributed by atoms with van der Waals surface area (Å²) in [4.78, 5) is 22.5. The summed E-state index contributed by atoms with van der Waals surface area (Å²) in [6.07, 6.45) is 0. The largest absolute Gasteiger partial charge is 0.464 e. The van der Waals surface area contributed by atoms with Crippen LogP contribution in [0, 0.1) is 11.3 Å². The first-order valence-electron chi connectivity index (χ1n) is 4.70. The molecular weight excluding hydrogens is 182 g/mol. The Morgan fingerprint density at radius 2 is 1.86 bits per heavy atom. The fourth-order valence-electron chi connectivity index (χ4n) is 0.822. The van der Waals surface area contributed by atoms with E-state index >= 15 is 0 Å². The van der Waals surface area contributed by atoms with Gasteiger partial charge in [0, 0.05) is 7.05 Å². The number of carbonyl (C=O) groups excluding carboxylic acids is 2. The summed E-state index contributed by atoms with van der Waals surface area (Å²) in [6.45, 7) is 7.10. The lowest BCUT2D eigenvalue weighted by atomic mass is 9.94. The number of carbonyl (C=O) groups is 2. The standard InChI is InChI=1S/C10H19NO3/c1-7(2)8(12)14-6-10(3,4)9(13)11-5/h7H,6H2,1-5H3,(H,11,13). The zero-order chi connectivity index (χ0) is 11.4.